The van der Waals surface area contributed by atoms with Gasteiger partial charge in [-0.2, -0.15) is 0 Å². The molecule has 5 heteroatoms. The topological polar surface area (TPSA) is 92.4 Å². The van der Waals surface area contributed by atoms with Crippen LogP contribution in [0.15, 0.2) is 30.3 Å². The van der Waals surface area contributed by atoms with Crippen LogP contribution in [-0.2, 0) is 9.59 Å². The first-order valence-electron chi connectivity index (χ1n) is 7.30. The first-order valence-corrected chi connectivity index (χ1v) is 7.30. The minimum Gasteiger partial charge on any atom is -0.480 e. The zero-order valence-corrected chi connectivity index (χ0v) is 12.6. The van der Waals surface area contributed by atoms with Gasteiger partial charge in [-0.1, -0.05) is 44.2 Å². The van der Waals surface area contributed by atoms with Gasteiger partial charge in [-0.15, -0.1) is 0 Å². The molecule has 21 heavy (non-hydrogen) atoms. The van der Waals surface area contributed by atoms with Crippen LogP contribution in [-0.4, -0.2) is 22.5 Å². The summed E-state index contributed by atoms with van der Waals surface area (Å²) in [6.07, 6.45) is 1.41. The monoisotopic (exact) mass is 292 g/mol. The van der Waals surface area contributed by atoms with E-state index in [2.05, 4.69) is 5.32 Å². The van der Waals surface area contributed by atoms with E-state index in [0.717, 1.165) is 5.56 Å². The molecule has 0 aromatic heterocycles. The molecule has 0 saturated carbocycles. The summed E-state index contributed by atoms with van der Waals surface area (Å²) in [6, 6.07) is 9.33. The molecule has 0 aliphatic heterocycles. The Bertz CT molecular complexity index is 470. The molecule has 1 aromatic carbocycles. The van der Waals surface area contributed by atoms with Crippen molar-refractivity contribution in [2.75, 3.05) is 0 Å². The summed E-state index contributed by atoms with van der Waals surface area (Å²) in [5.74, 6) is -1.26. The number of rotatable bonds is 8. The highest BCUT2D eigenvalue weighted by atomic mass is 16.4. The zero-order chi connectivity index (χ0) is 15.9. The standard InChI is InChI=1S/C16H24N2O3/c1-3-16(4-2,15(20)21)18-14(19)11-10-13(17)12-8-6-5-7-9-12/h5-9,13H,3-4,10-11,17H2,1-2H3,(H,18,19)(H,20,21). The van der Waals surface area contributed by atoms with Gasteiger partial charge in [0.2, 0.25) is 5.91 Å². The van der Waals surface area contributed by atoms with Crippen LogP contribution in [0.1, 0.15) is 51.1 Å². The largest absolute Gasteiger partial charge is 0.480 e. The molecule has 0 aliphatic carbocycles. The van der Waals surface area contributed by atoms with Crippen molar-refractivity contribution in [3.8, 4) is 0 Å². The van der Waals surface area contributed by atoms with E-state index in [4.69, 9.17) is 5.73 Å². The van der Waals surface area contributed by atoms with Gasteiger partial charge in [-0.25, -0.2) is 4.79 Å². The minimum atomic E-state index is -1.17. The molecule has 0 radical (unpaired) electrons. The lowest BCUT2D eigenvalue weighted by Crippen LogP contribution is -2.53. The maximum atomic E-state index is 12.0. The number of hydrogen-bond acceptors (Lipinski definition) is 3. The molecule has 1 aromatic rings. The molecule has 116 valence electrons. The van der Waals surface area contributed by atoms with Gasteiger partial charge in [0, 0.05) is 12.5 Å². The van der Waals surface area contributed by atoms with E-state index in [0.29, 0.717) is 19.3 Å². The lowest BCUT2D eigenvalue weighted by molar-refractivity contribution is -0.148. The Hall–Kier alpha value is -1.88. The molecule has 0 bridgehead atoms. The second-order valence-electron chi connectivity index (χ2n) is 5.20. The Kier molecular flexibility index (Phi) is 6.37. The number of amides is 1. The smallest absolute Gasteiger partial charge is 0.329 e. The number of nitrogens with two attached hydrogens (primary N) is 1. The van der Waals surface area contributed by atoms with E-state index in [-0.39, 0.29) is 18.4 Å². The van der Waals surface area contributed by atoms with Crippen molar-refractivity contribution in [1.29, 1.82) is 0 Å². The summed E-state index contributed by atoms with van der Waals surface area (Å²) in [5, 5.41) is 11.9. The Morgan fingerprint density at radius 1 is 1.24 bits per heavy atom. The molecule has 4 N–H and O–H groups in total. The SMILES string of the molecule is CCC(CC)(NC(=O)CCC(N)c1ccccc1)C(=O)O. The Balaban J connectivity index is 2.56. The van der Waals surface area contributed by atoms with Crippen LogP contribution in [0.2, 0.25) is 0 Å². The lowest BCUT2D eigenvalue weighted by atomic mass is 9.92. The summed E-state index contributed by atoms with van der Waals surface area (Å²) >= 11 is 0. The third kappa shape index (κ3) is 4.56. The summed E-state index contributed by atoms with van der Waals surface area (Å²) in [4.78, 5) is 23.3. The highest BCUT2D eigenvalue weighted by Crippen LogP contribution is 2.18. The average Bonchev–Trinajstić information content (AvgIpc) is 2.50. The predicted molar refractivity (Wildman–Crippen MR) is 81.7 cm³/mol. The van der Waals surface area contributed by atoms with Crippen molar-refractivity contribution < 1.29 is 14.7 Å². The van der Waals surface area contributed by atoms with Crippen molar-refractivity contribution in [2.45, 2.75) is 51.1 Å². The van der Waals surface area contributed by atoms with Gasteiger partial charge in [-0.3, -0.25) is 4.79 Å². The zero-order valence-electron chi connectivity index (χ0n) is 12.6. The molecule has 1 amide bonds. The van der Waals surface area contributed by atoms with Gasteiger partial charge in [0.1, 0.15) is 5.54 Å². The van der Waals surface area contributed by atoms with Crippen LogP contribution in [0.4, 0.5) is 0 Å². The van der Waals surface area contributed by atoms with Crippen LogP contribution in [0.5, 0.6) is 0 Å². The molecule has 0 spiro atoms. The van der Waals surface area contributed by atoms with Crippen LogP contribution < -0.4 is 11.1 Å². The molecule has 0 fully saturated rings. The fourth-order valence-corrected chi connectivity index (χ4v) is 2.27. The molecule has 0 aliphatic rings. The van der Waals surface area contributed by atoms with Gasteiger partial charge >= 0.3 is 5.97 Å². The van der Waals surface area contributed by atoms with Crippen LogP contribution >= 0.6 is 0 Å². The van der Waals surface area contributed by atoms with Gasteiger partial charge in [0.15, 0.2) is 0 Å². The summed E-state index contributed by atoms with van der Waals surface area (Å²) in [5.41, 5.74) is 5.84. The highest BCUT2D eigenvalue weighted by Gasteiger charge is 2.36. The molecule has 1 unspecified atom stereocenters. The predicted octanol–water partition coefficient (Wildman–Crippen LogP) is 2.23. The molecule has 0 heterocycles. The lowest BCUT2D eigenvalue weighted by Gasteiger charge is -2.28. The van der Waals surface area contributed by atoms with Crippen molar-refractivity contribution in [2.24, 2.45) is 5.73 Å². The fraction of sp³-hybridized carbons (Fsp3) is 0.500. The molecular formula is C16H24N2O3. The van der Waals surface area contributed by atoms with E-state index in [1.165, 1.54) is 0 Å². The first-order chi connectivity index (χ1) is 9.95. The van der Waals surface area contributed by atoms with Crippen LogP contribution in [0, 0.1) is 0 Å². The van der Waals surface area contributed by atoms with E-state index in [9.17, 15) is 14.7 Å². The maximum Gasteiger partial charge on any atom is 0.329 e. The average molecular weight is 292 g/mol. The molecule has 5 nitrogen and oxygen atoms in total. The number of carboxylic acids is 1. The number of benzene rings is 1. The normalized spacial score (nSPS) is 12.7. The Morgan fingerprint density at radius 2 is 1.81 bits per heavy atom. The van der Waals surface area contributed by atoms with Crippen molar-refractivity contribution in [3.05, 3.63) is 35.9 Å². The summed E-state index contributed by atoms with van der Waals surface area (Å²) in [6.45, 7) is 3.52. The number of carbonyl (C=O) groups is 2. The van der Waals surface area contributed by atoms with Crippen molar-refractivity contribution in [1.82, 2.24) is 5.32 Å². The van der Waals surface area contributed by atoms with Gasteiger partial charge < -0.3 is 16.2 Å². The van der Waals surface area contributed by atoms with E-state index < -0.39 is 11.5 Å². The van der Waals surface area contributed by atoms with Crippen molar-refractivity contribution >= 4 is 11.9 Å². The third-order valence-electron chi connectivity index (χ3n) is 3.91. The van der Waals surface area contributed by atoms with Gasteiger partial charge in [0.05, 0.1) is 0 Å². The summed E-state index contributed by atoms with van der Waals surface area (Å²) in [7, 11) is 0. The number of carbonyl (C=O) groups excluding carboxylic acids is 1. The van der Waals surface area contributed by atoms with Crippen LogP contribution in [0.3, 0.4) is 0 Å². The minimum absolute atomic E-state index is 0.213. The number of nitrogens with one attached hydrogen (secondary N) is 1. The van der Waals surface area contributed by atoms with Gasteiger partial charge in [0.25, 0.3) is 0 Å². The first kappa shape index (κ1) is 17.2. The van der Waals surface area contributed by atoms with E-state index >= 15 is 0 Å². The third-order valence-corrected chi connectivity index (χ3v) is 3.91. The van der Waals surface area contributed by atoms with Crippen molar-refractivity contribution in [3.63, 3.8) is 0 Å². The number of aliphatic carboxylic acids is 1. The quantitative estimate of drug-likeness (QED) is 0.685. The van der Waals surface area contributed by atoms with Gasteiger partial charge in [-0.05, 0) is 24.8 Å². The Labute approximate surface area is 125 Å². The molecule has 1 rings (SSSR count). The second kappa shape index (κ2) is 7.78. The molecular weight excluding hydrogens is 268 g/mol. The van der Waals surface area contributed by atoms with E-state index in [1.807, 2.05) is 30.3 Å². The number of hydrogen-bond donors (Lipinski definition) is 3. The van der Waals surface area contributed by atoms with Crippen LogP contribution in [0.25, 0.3) is 0 Å². The fourth-order valence-electron chi connectivity index (χ4n) is 2.27. The molecule has 0 saturated heterocycles. The van der Waals surface area contributed by atoms with E-state index in [1.54, 1.807) is 13.8 Å². The Morgan fingerprint density at radius 3 is 2.29 bits per heavy atom. The second-order valence-corrected chi connectivity index (χ2v) is 5.20. The number of carboxylic acid groups (broad SMARTS) is 1. The molecule has 1 atom stereocenters. The maximum absolute atomic E-state index is 12.0. The highest BCUT2D eigenvalue weighted by molar-refractivity contribution is 5.86. The summed E-state index contributed by atoms with van der Waals surface area (Å²) < 4.78 is 0.